The fraction of sp³-hybridized carbons (Fsp3) is 0.143. The summed E-state index contributed by atoms with van der Waals surface area (Å²) in [7, 11) is 0. The number of anilines is 2. The van der Waals surface area contributed by atoms with Gasteiger partial charge in [-0.1, -0.05) is 6.07 Å². The summed E-state index contributed by atoms with van der Waals surface area (Å²) in [5.74, 6) is 0.763. The monoisotopic (exact) mass is 272 g/mol. The second-order valence-electron chi connectivity index (χ2n) is 4.08. The van der Waals surface area contributed by atoms with E-state index in [1.165, 1.54) is 6.20 Å². The first kappa shape index (κ1) is 13.8. The molecule has 0 fully saturated rings. The second-order valence-corrected chi connectivity index (χ2v) is 4.08. The lowest BCUT2D eigenvalue weighted by molar-refractivity contribution is 0.1000. The third-order valence-corrected chi connectivity index (χ3v) is 2.54. The summed E-state index contributed by atoms with van der Waals surface area (Å²) < 4.78 is 5.44. The summed E-state index contributed by atoms with van der Waals surface area (Å²) in [6.07, 6.45) is 1.52. The minimum Gasteiger partial charge on any atom is -0.492 e. The lowest BCUT2D eigenvalue weighted by Crippen LogP contribution is -2.11. The molecule has 0 aliphatic carbocycles. The number of carbonyl (C=O) groups is 1. The number of hydrogen-bond acceptors (Lipinski definition) is 5. The van der Waals surface area contributed by atoms with Crippen molar-refractivity contribution < 1.29 is 9.53 Å². The van der Waals surface area contributed by atoms with Crippen molar-refractivity contribution in [3.05, 3.63) is 48.2 Å². The van der Waals surface area contributed by atoms with Crippen LogP contribution in [-0.4, -0.2) is 24.0 Å². The van der Waals surface area contributed by atoms with Crippen LogP contribution in [0.3, 0.4) is 0 Å². The Kier molecular flexibility index (Phi) is 4.52. The highest BCUT2D eigenvalue weighted by Crippen LogP contribution is 2.20. The van der Waals surface area contributed by atoms with Crippen molar-refractivity contribution in [2.75, 3.05) is 18.5 Å². The zero-order valence-corrected chi connectivity index (χ0v) is 10.9. The summed E-state index contributed by atoms with van der Waals surface area (Å²) in [6, 6.07) is 10.5. The zero-order valence-electron chi connectivity index (χ0n) is 10.9. The average molecular weight is 272 g/mol. The van der Waals surface area contributed by atoms with Crippen LogP contribution in [0, 0.1) is 0 Å². The van der Waals surface area contributed by atoms with E-state index in [4.69, 9.17) is 16.2 Å². The number of hydrogen-bond donors (Lipinski definition) is 3. The molecule has 20 heavy (non-hydrogen) atoms. The standard InChI is InChI=1S/C14H16N4O2/c15-5-7-20-12-3-1-2-11(9-12)18-13-8-10(14(16)19)4-6-17-13/h1-4,6,8-9H,5,7,15H2,(H2,16,19)(H,17,18). The number of aromatic nitrogens is 1. The van der Waals surface area contributed by atoms with Crippen LogP contribution < -0.4 is 21.5 Å². The van der Waals surface area contributed by atoms with E-state index in [-0.39, 0.29) is 0 Å². The Morgan fingerprint density at radius 1 is 1.30 bits per heavy atom. The number of pyridine rings is 1. The molecule has 1 aromatic heterocycles. The van der Waals surface area contributed by atoms with Crippen LogP contribution in [0.15, 0.2) is 42.6 Å². The molecule has 0 atom stereocenters. The van der Waals surface area contributed by atoms with E-state index in [2.05, 4.69) is 10.3 Å². The fourth-order valence-electron chi connectivity index (χ4n) is 1.64. The van der Waals surface area contributed by atoms with E-state index < -0.39 is 5.91 Å². The first-order valence-electron chi connectivity index (χ1n) is 6.15. The predicted molar refractivity (Wildman–Crippen MR) is 77.0 cm³/mol. The van der Waals surface area contributed by atoms with E-state index in [1.54, 1.807) is 12.1 Å². The summed E-state index contributed by atoms with van der Waals surface area (Å²) in [4.78, 5) is 15.2. The van der Waals surface area contributed by atoms with Gasteiger partial charge in [0.1, 0.15) is 18.2 Å². The van der Waals surface area contributed by atoms with Crippen molar-refractivity contribution >= 4 is 17.4 Å². The van der Waals surface area contributed by atoms with Gasteiger partial charge in [-0.2, -0.15) is 0 Å². The van der Waals surface area contributed by atoms with Gasteiger partial charge in [0.15, 0.2) is 0 Å². The van der Waals surface area contributed by atoms with Crippen LogP contribution in [0.1, 0.15) is 10.4 Å². The number of benzene rings is 1. The normalized spacial score (nSPS) is 10.1. The molecule has 2 aromatic rings. The van der Waals surface area contributed by atoms with Gasteiger partial charge in [0, 0.05) is 30.1 Å². The molecule has 0 saturated carbocycles. The fourth-order valence-corrected chi connectivity index (χ4v) is 1.64. The maximum absolute atomic E-state index is 11.1. The van der Waals surface area contributed by atoms with Gasteiger partial charge >= 0.3 is 0 Å². The summed E-state index contributed by atoms with van der Waals surface area (Å²) in [5, 5.41) is 3.09. The Balaban J connectivity index is 2.13. The molecule has 6 heteroatoms. The van der Waals surface area contributed by atoms with Crippen molar-refractivity contribution in [2.45, 2.75) is 0 Å². The zero-order chi connectivity index (χ0) is 14.4. The number of nitrogens with zero attached hydrogens (tertiary/aromatic N) is 1. The summed E-state index contributed by atoms with van der Waals surface area (Å²) >= 11 is 0. The van der Waals surface area contributed by atoms with E-state index >= 15 is 0 Å². The van der Waals surface area contributed by atoms with Crippen LogP contribution in [0.4, 0.5) is 11.5 Å². The second kappa shape index (κ2) is 6.53. The first-order chi connectivity index (χ1) is 9.69. The predicted octanol–water partition coefficient (Wildman–Crippen LogP) is 1.26. The highest BCUT2D eigenvalue weighted by Gasteiger charge is 2.03. The summed E-state index contributed by atoms with van der Waals surface area (Å²) in [6.45, 7) is 0.915. The Bertz CT molecular complexity index is 601. The molecule has 104 valence electrons. The van der Waals surface area contributed by atoms with Crippen molar-refractivity contribution in [3.63, 3.8) is 0 Å². The van der Waals surface area contributed by atoms with E-state index in [0.717, 1.165) is 5.69 Å². The summed E-state index contributed by atoms with van der Waals surface area (Å²) in [5.41, 5.74) is 11.8. The smallest absolute Gasteiger partial charge is 0.248 e. The van der Waals surface area contributed by atoms with Crippen LogP contribution in [0.5, 0.6) is 5.75 Å². The lowest BCUT2D eigenvalue weighted by Gasteiger charge is -2.09. The Morgan fingerprint density at radius 2 is 2.15 bits per heavy atom. The quantitative estimate of drug-likeness (QED) is 0.734. The van der Waals surface area contributed by atoms with Crippen LogP contribution in [-0.2, 0) is 0 Å². The van der Waals surface area contributed by atoms with Gasteiger partial charge in [0.2, 0.25) is 5.91 Å². The lowest BCUT2D eigenvalue weighted by atomic mass is 10.2. The largest absolute Gasteiger partial charge is 0.492 e. The number of primary amides is 1. The van der Waals surface area contributed by atoms with E-state index in [9.17, 15) is 4.79 Å². The van der Waals surface area contributed by atoms with E-state index in [1.807, 2.05) is 24.3 Å². The number of amides is 1. The Morgan fingerprint density at radius 3 is 2.90 bits per heavy atom. The van der Waals surface area contributed by atoms with Gasteiger partial charge < -0.3 is 21.5 Å². The molecule has 0 bridgehead atoms. The SMILES string of the molecule is NCCOc1cccc(Nc2cc(C(N)=O)ccn2)c1. The number of ether oxygens (including phenoxy) is 1. The molecular weight excluding hydrogens is 256 g/mol. The molecule has 1 heterocycles. The van der Waals surface area contributed by atoms with Crippen molar-refractivity contribution in [1.82, 2.24) is 4.98 Å². The number of nitrogens with one attached hydrogen (secondary N) is 1. The highest BCUT2D eigenvalue weighted by molar-refractivity contribution is 5.93. The molecule has 6 nitrogen and oxygen atoms in total. The number of carbonyl (C=O) groups excluding carboxylic acids is 1. The molecule has 0 aliphatic heterocycles. The third-order valence-electron chi connectivity index (χ3n) is 2.54. The van der Waals surface area contributed by atoms with Gasteiger partial charge in [0.25, 0.3) is 0 Å². The van der Waals surface area contributed by atoms with Crippen molar-refractivity contribution in [3.8, 4) is 5.75 Å². The number of nitrogens with two attached hydrogens (primary N) is 2. The molecule has 5 N–H and O–H groups in total. The molecule has 1 aromatic carbocycles. The Hall–Kier alpha value is -2.60. The molecule has 2 rings (SSSR count). The molecule has 0 saturated heterocycles. The molecule has 0 unspecified atom stereocenters. The highest BCUT2D eigenvalue weighted by atomic mass is 16.5. The van der Waals surface area contributed by atoms with Crippen LogP contribution in [0.25, 0.3) is 0 Å². The average Bonchev–Trinajstić information content (AvgIpc) is 2.46. The minimum atomic E-state index is -0.490. The number of rotatable bonds is 6. The van der Waals surface area contributed by atoms with Crippen molar-refractivity contribution in [2.24, 2.45) is 11.5 Å². The topological polar surface area (TPSA) is 103 Å². The molecule has 0 aliphatic rings. The van der Waals surface area contributed by atoms with Gasteiger partial charge in [-0.15, -0.1) is 0 Å². The molecular formula is C14H16N4O2. The maximum atomic E-state index is 11.1. The molecule has 0 spiro atoms. The van der Waals surface area contributed by atoms with Crippen LogP contribution >= 0.6 is 0 Å². The van der Waals surface area contributed by atoms with Crippen LogP contribution in [0.2, 0.25) is 0 Å². The molecule has 0 radical (unpaired) electrons. The first-order valence-corrected chi connectivity index (χ1v) is 6.15. The maximum Gasteiger partial charge on any atom is 0.248 e. The third kappa shape index (κ3) is 3.69. The van der Waals surface area contributed by atoms with Crippen molar-refractivity contribution in [1.29, 1.82) is 0 Å². The van der Waals surface area contributed by atoms with Gasteiger partial charge in [-0.3, -0.25) is 4.79 Å². The van der Waals surface area contributed by atoms with Gasteiger partial charge in [0.05, 0.1) is 0 Å². The van der Waals surface area contributed by atoms with E-state index in [0.29, 0.717) is 30.3 Å². The minimum absolute atomic E-state index is 0.401. The molecule has 1 amide bonds. The Labute approximate surface area is 116 Å². The van der Waals surface area contributed by atoms with Gasteiger partial charge in [-0.05, 0) is 24.3 Å². The van der Waals surface area contributed by atoms with Gasteiger partial charge in [-0.25, -0.2) is 4.98 Å².